The summed E-state index contributed by atoms with van der Waals surface area (Å²) in [5.74, 6) is 1.21. The summed E-state index contributed by atoms with van der Waals surface area (Å²) < 4.78 is 0.845. The zero-order valence-corrected chi connectivity index (χ0v) is 12.2. The first kappa shape index (κ1) is 11.5. The van der Waals surface area contributed by atoms with Crippen molar-refractivity contribution in [2.45, 2.75) is 50.1 Å². The Bertz CT molecular complexity index is 438. The second-order valence-corrected chi connectivity index (χ2v) is 7.69. The van der Waals surface area contributed by atoms with Crippen LogP contribution in [0.25, 0.3) is 0 Å². The molecule has 1 spiro atoms. The molecule has 0 radical (unpaired) electrons. The van der Waals surface area contributed by atoms with Gasteiger partial charge in [-0.3, -0.25) is 4.79 Å². The van der Waals surface area contributed by atoms with Gasteiger partial charge in [0.1, 0.15) is 17.5 Å². The third kappa shape index (κ3) is 1.21. The topological polar surface area (TPSA) is 20.3 Å². The molecule has 0 amide bonds. The van der Waals surface area contributed by atoms with Crippen LogP contribution in [0.15, 0.2) is 12.4 Å². The van der Waals surface area contributed by atoms with Crippen LogP contribution < -0.4 is 0 Å². The molecule has 1 saturated carbocycles. The van der Waals surface area contributed by atoms with Gasteiger partial charge in [-0.05, 0) is 19.3 Å². The summed E-state index contributed by atoms with van der Waals surface area (Å²) >= 11 is 3.99. The van der Waals surface area contributed by atoms with Crippen LogP contribution >= 0.6 is 16.1 Å². The highest BCUT2D eigenvalue weighted by Crippen LogP contribution is 2.58. The molecular formula is C14H20BrN2O+. The molecule has 0 aromatic rings. The van der Waals surface area contributed by atoms with E-state index in [9.17, 15) is 4.79 Å². The molecule has 0 aromatic carbocycles. The summed E-state index contributed by atoms with van der Waals surface area (Å²) in [5, 5.41) is 0. The average Bonchev–Trinajstić information content (AvgIpc) is 2.92. The normalized spacial score (nSPS) is 50.1. The van der Waals surface area contributed by atoms with E-state index in [1.165, 1.54) is 25.8 Å². The molecule has 0 N–H and O–H groups in total. The predicted octanol–water partition coefficient (Wildman–Crippen LogP) is 2.57. The highest BCUT2D eigenvalue weighted by molar-refractivity contribution is 9.05. The minimum atomic E-state index is 0.139. The first-order valence-corrected chi connectivity index (χ1v) is 7.91. The molecule has 18 heavy (non-hydrogen) atoms. The fraction of sp³-hybridized carbons (Fsp3) is 0.786. The number of halogens is 1. The minimum absolute atomic E-state index is 0.139. The molecule has 3 fully saturated rings. The van der Waals surface area contributed by atoms with E-state index < -0.39 is 0 Å². The number of carbonyl (C=O) groups is 1. The number of nitrogens with zero attached hydrogens (tertiary/aromatic N) is 2. The molecule has 98 valence electrons. The third-order valence-corrected chi connectivity index (χ3v) is 7.07. The van der Waals surface area contributed by atoms with Gasteiger partial charge >= 0.3 is 0 Å². The van der Waals surface area contributed by atoms with Crippen molar-refractivity contribution in [2.75, 3.05) is 13.1 Å². The van der Waals surface area contributed by atoms with E-state index >= 15 is 0 Å². The number of rotatable bonds is 0. The lowest BCUT2D eigenvalue weighted by Crippen LogP contribution is -2.67. The first-order valence-electron chi connectivity index (χ1n) is 7.20. The van der Waals surface area contributed by atoms with Gasteiger partial charge in [0.25, 0.3) is 0 Å². The molecule has 4 aliphatic rings. The summed E-state index contributed by atoms with van der Waals surface area (Å²) in [5.41, 5.74) is 0.139. The lowest BCUT2D eigenvalue weighted by molar-refractivity contribution is -0.782. The zero-order chi connectivity index (χ0) is 12.4. The van der Waals surface area contributed by atoms with Crippen LogP contribution in [0.1, 0.15) is 38.5 Å². The molecule has 2 saturated heterocycles. The smallest absolute Gasteiger partial charge is 0.233 e. The van der Waals surface area contributed by atoms with Gasteiger partial charge in [-0.1, -0.05) is 0 Å². The molecule has 4 heteroatoms. The van der Waals surface area contributed by atoms with Crippen molar-refractivity contribution < 1.29 is 8.30 Å². The molecule has 0 aromatic heterocycles. The summed E-state index contributed by atoms with van der Waals surface area (Å²) in [4.78, 5) is 14.6. The first-order chi connectivity index (χ1) is 8.66. The molecular weight excluding hydrogens is 292 g/mol. The quantitative estimate of drug-likeness (QED) is 0.641. The number of fused-ring (bicyclic) bond motifs is 1. The van der Waals surface area contributed by atoms with Gasteiger partial charge in [-0.25, -0.2) is 3.51 Å². The van der Waals surface area contributed by atoms with Gasteiger partial charge in [0.2, 0.25) is 16.1 Å². The van der Waals surface area contributed by atoms with Crippen LogP contribution in [0.2, 0.25) is 0 Å². The number of ketones is 1. The molecule has 1 aliphatic carbocycles. The fourth-order valence-electron chi connectivity index (χ4n) is 5.06. The maximum atomic E-state index is 12.1. The predicted molar refractivity (Wildman–Crippen MR) is 72.6 cm³/mol. The summed E-state index contributed by atoms with van der Waals surface area (Å²) in [7, 11) is 0. The van der Waals surface area contributed by atoms with Gasteiger partial charge in [0.05, 0.1) is 25.2 Å². The molecule has 3 aliphatic heterocycles. The number of carbonyl (C=O) groups excluding carboxylic acids is 1. The maximum absolute atomic E-state index is 12.1. The van der Waals surface area contributed by atoms with E-state index in [4.69, 9.17) is 0 Å². The summed E-state index contributed by atoms with van der Waals surface area (Å²) in [6.07, 6.45) is 11.1. The highest BCUT2D eigenvalue weighted by Gasteiger charge is 2.68. The molecule has 4 unspecified atom stereocenters. The molecule has 0 bridgehead atoms. The van der Waals surface area contributed by atoms with E-state index in [0.717, 1.165) is 35.2 Å². The largest absolute Gasteiger partial charge is 0.364 e. The van der Waals surface area contributed by atoms with Gasteiger partial charge in [-0.15, -0.1) is 0 Å². The van der Waals surface area contributed by atoms with Crippen molar-refractivity contribution in [1.82, 2.24) is 4.90 Å². The second kappa shape index (κ2) is 3.60. The average molecular weight is 312 g/mol. The van der Waals surface area contributed by atoms with Crippen molar-refractivity contribution in [1.29, 1.82) is 0 Å². The Kier molecular flexibility index (Phi) is 2.30. The summed E-state index contributed by atoms with van der Waals surface area (Å²) in [6, 6.07) is 0.582. The monoisotopic (exact) mass is 311 g/mol. The van der Waals surface area contributed by atoms with Crippen molar-refractivity contribution in [3.05, 3.63) is 12.4 Å². The molecule has 3 nitrogen and oxygen atoms in total. The second-order valence-electron chi connectivity index (χ2n) is 6.42. The van der Waals surface area contributed by atoms with Gasteiger partial charge in [-0.2, -0.15) is 0 Å². The van der Waals surface area contributed by atoms with Crippen LogP contribution in [0.4, 0.5) is 0 Å². The SMILES string of the molecule is O=C1CCC2CC[N+]3(Br)C=CN4CCCC4C23C1. The van der Waals surface area contributed by atoms with Gasteiger partial charge in [0.15, 0.2) is 0 Å². The Morgan fingerprint density at radius 2 is 2.28 bits per heavy atom. The Morgan fingerprint density at radius 1 is 1.39 bits per heavy atom. The van der Waals surface area contributed by atoms with Crippen molar-refractivity contribution in [2.24, 2.45) is 5.92 Å². The van der Waals surface area contributed by atoms with E-state index in [1.54, 1.807) is 0 Å². The van der Waals surface area contributed by atoms with E-state index in [1.807, 2.05) is 0 Å². The van der Waals surface area contributed by atoms with Crippen LogP contribution in [0.3, 0.4) is 0 Å². The zero-order valence-electron chi connectivity index (χ0n) is 10.6. The van der Waals surface area contributed by atoms with Crippen molar-refractivity contribution in [3.63, 3.8) is 0 Å². The van der Waals surface area contributed by atoms with Crippen LogP contribution in [-0.4, -0.2) is 38.9 Å². The molecule has 4 rings (SSSR count). The summed E-state index contributed by atoms with van der Waals surface area (Å²) in [6.45, 7) is 2.33. The van der Waals surface area contributed by atoms with Crippen LogP contribution in [-0.2, 0) is 4.79 Å². The number of Topliss-reactive ketones (excluding diaryl/α,β-unsaturated/α-hetero) is 1. The Hall–Kier alpha value is -0.350. The Labute approximate surface area is 117 Å². The lowest BCUT2D eigenvalue weighted by Gasteiger charge is -2.53. The lowest BCUT2D eigenvalue weighted by atomic mass is 9.67. The Morgan fingerprint density at radius 3 is 3.17 bits per heavy atom. The highest BCUT2D eigenvalue weighted by atomic mass is 79.9. The standard InChI is InChI=1S/C14H20BrN2O/c15-17-8-5-11-3-4-12(18)10-14(11,17)13-2-1-6-16(13)7-9-17/h7,9,11,13H,1-6,8,10H2/q+1. The van der Waals surface area contributed by atoms with Gasteiger partial charge in [0, 0.05) is 25.3 Å². The fourth-order valence-corrected chi connectivity index (χ4v) is 6.02. The van der Waals surface area contributed by atoms with Crippen molar-refractivity contribution in [3.8, 4) is 0 Å². The Balaban J connectivity index is 1.86. The van der Waals surface area contributed by atoms with Crippen LogP contribution in [0.5, 0.6) is 0 Å². The van der Waals surface area contributed by atoms with E-state index in [2.05, 4.69) is 33.4 Å². The number of quaternary nitrogens is 1. The van der Waals surface area contributed by atoms with Crippen molar-refractivity contribution >= 4 is 21.9 Å². The third-order valence-electron chi connectivity index (χ3n) is 5.82. The van der Waals surface area contributed by atoms with Crippen LogP contribution in [0, 0.1) is 5.92 Å². The molecule has 3 heterocycles. The molecule has 4 atom stereocenters. The minimum Gasteiger partial charge on any atom is -0.364 e. The van der Waals surface area contributed by atoms with Gasteiger partial charge < -0.3 is 4.90 Å². The maximum Gasteiger partial charge on any atom is 0.233 e. The number of hydrogen-bond acceptors (Lipinski definition) is 2. The van der Waals surface area contributed by atoms with E-state index in [-0.39, 0.29) is 5.54 Å². The number of hydrogen-bond donors (Lipinski definition) is 0. The van der Waals surface area contributed by atoms with E-state index in [0.29, 0.717) is 11.8 Å².